The predicted octanol–water partition coefficient (Wildman–Crippen LogP) is 2.27. The Balaban J connectivity index is 3.28. The summed E-state index contributed by atoms with van der Waals surface area (Å²) < 4.78 is 11.6. The maximum absolute atomic E-state index is 11.7. The molecule has 0 aliphatic carbocycles. The molecule has 0 aliphatic heterocycles. The number of rotatable bonds is 8. The number of hydrogen-bond acceptors (Lipinski definition) is 3. The minimum Gasteiger partial charge on any atom is -0.316 e. The van der Waals surface area contributed by atoms with E-state index in [1.54, 1.807) is 0 Å². The van der Waals surface area contributed by atoms with Crippen molar-refractivity contribution in [3.8, 4) is 0 Å². The highest BCUT2D eigenvalue weighted by Crippen LogP contribution is 2.10. The van der Waals surface area contributed by atoms with Crippen molar-refractivity contribution in [2.45, 2.75) is 38.9 Å². The first-order valence-electron chi connectivity index (χ1n) is 5.65. The second kappa shape index (κ2) is 8.59. The fourth-order valence-corrected chi connectivity index (χ4v) is 2.62. The van der Waals surface area contributed by atoms with Gasteiger partial charge in [0.1, 0.15) is 0 Å². The van der Waals surface area contributed by atoms with Gasteiger partial charge in [0.15, 0.2) is 0 Å². The molecule has 0 aromatic rings. The predicted molar refractivity (Wildman–Crippen MR) is 73.2 cm³/mol. The van der Waals surface area contributed by atoms with Crippen LogP contribution in [0.25, 0.3) is 0 Å². The molecule has 4 heteroatoms. The first-order valence-corrected chi connectivity index (χ1v) is 8.12. The monoisotopic (exact) mass is 251 g/mol. The molecule has 1 N–H and O–H groups in total. The van der Waals surface area contributed by atoms with Crippen molar-refractivity contribution in [1.29, 1.82) is 0 Å². The lowest BCUT2D eigenvalue weighted by molar-refractivity contribution is 0.640. The van der Waals surface area contributed by atoms with Crippen LogP contribution in [-0.4, -0.2) is 39.3 Å². The molecule has 15 heavy (non-hydrogen) atoms. The van der Waals surface area contributed by atoms with Gasteiger partial charge < -0.3 is 5.32 Å². The zero-order valence-corrected chi connectivity index (χ0v) is 12.1. The Morgan fingerprint density at radius 1 is 1.27 bits per heavy atom. The molecular formula is C11H25NOS2. The summed E-state index contributed by atoms with van der Waals surface area (Å²) >= 11 is 1.98. The molecule has 0 aliphatic rings. The lowest BCUT2D eigenvalue weighted by Crippen LogP contribution is -2.30. The molecule has 0 amide bonds. The van der Waals surface area contributed by atoms with Crippen LogP contribution in [0.2, 0.25) is 0 Å². The number of thioether (sulfide) groups is 1. The molecule has 0 radical (unpaired) electrons. The Morgan fingerprint density at radius 2 is 1.93 bits per heavy atom. The Hall–Kier alpha value is 0.460. The molecular weight excluding hydrogens is 226 g/mol. The number of nitrogens with one attached hydrogen (secondary N) is 1. The van der Waals surface area contributed by atoms with Crippen molar-refractivity contribution >= 4 is 22.6 Å². The van der Waals surface area contributed by atoms with Crippen LogP contribution >= 0.6 is 11.8 Å². The van der Waals surface area contributed by atoms with Gasteiger partial charge in [0.05, 0.1) is 0 Å². The van der Waals surface area contributed by atoms with Gasteiger partial charge in [0, 0.05) is 27.8 Å². The third-order valence-electron chi connectivity index (χ3n) is 1.99. The van der Waals surface area contributed by atoms with Crippen molar-refractivity contribution in [3.63, 3.8) is 0 Å². The molecule has 0 rings (SSSR count). The average Bonchev–Trinajstić information content (AvgIpc) is 2.14. The van der Waals surface area contributed by atoms with E-state index in [0.29, 0.717) is 0 Å². The van der Waals surface area contributed by atoms with Crippen molar-refractivity contribution in [2.75, 3.05) is 30.3 Å². The summed E-state index contributed by atoms with van der Waals surface area (Å²) in [7, 11) is -0.714. The summed E-state index contributed by atoms with van der Waals surface area (Å²) in [6.45, 7) is 10.2. The van der Waals surface area contributed by atoms with Crippen molar-refractivity contribution in [3.05, 3.63) is 0 Å². The van der Waals surface area contributed by atoms with Crippen LogP contribution < -0.4 is 5.32 Å². The van der Waals surface area contributed by atoms with E-state index in [1.807, 2.05) is 32.5 Å². The largest absolute Gasteiger partial charge is 0.316 e. The average molecular weight is 251 g/mol. The molecule has 0 saturated carbocycles. The SMILES string of the molecule is CCSCCCNCCS(=O)C(C)(C)C. The summed E-state index contributed by atoms with van der Waals surface area (Å²) in [6, 6.07) is 0. The Labute approximate surface area is 101 Å². The highest BCUT2D eigenvalue weighted by Gasteiger charge is 2.18. The third-order valence-corrected chi connectivity index (χ3v) is 4.92. The molecule has 1 unspecified atom stereocenters. The van der Waals surface area contributed by atoms with Crippen LogP contribution in [-0.2, 0) is 10.8 Å². The van der Waals surface area contributed by atoms with Crippen LogP contribution in [0, 0.1) is 0 Å². The van der Waals surface area contributed by atoms with Crippen LogP contribution in [0.5, 0.6) is 0 Å². The van der Waals surface area contributed by atoms with E-state index in [9.17, 15) is 4.21 Å². The van der Waals surface area contributed by atoms with E-state index >= 15 is 0 Å². The minimum absolute atomic E-state index is 0.0697. The highest BCUT2D eigenvalue weighted by atomic mass is 32.2. The Morgan fingerprint density at radius 3 is 2.47 bits per heavy atom. The molecule has 2 nitrogen and oxygen atoms in total. The van der Waals surface area contributed by atoms with Gasteiger partial charge in [-0.05, 0) is 45.2 Å². The maximum Gasteiger partial charge on any atom is 0.0375 e. The molecule has 0 saturated heterocycles. The quantitative estimate of drug-likeness (QED) is 0.671. The van der Waals surface area contributed by atoms with Crippen molar-refractivity contribution < 1.29 is 4.21 Å². The van der Waals surface area contributed by atoms with Gasteiger partial charge in [-0.15, -0.1) is 0 Å². The van der Waals surface area contributed by atoms with Crippen LogP contribution in [0.15, 0.2) is 0 Å². The van der Waals surface area contributed by atoms with Crippen molar-refractivity contribution in [1.82, 2.24) is 5.32 Å². The highest BCUT2D eigenvalue weighted by molar-refractivity contribution is 7.99. The van der Waals surface area contributed by atoms with Crippen molar-refractivity contribution in [2.24, 2.45) is 0 Å². The van der Waals surface area contributed by atoms with E-state index in [-0.39, 0.29) is 4.75 Å². The van der Waals surface area contributed by atoms with Gasteiger partial charge >= 0.3 is 0 Å². The first-order chi connectivity index (χ1) is 6.98. The van der Waals surface area contributed by atoms with Gasteiger partial charge in [0.2, 0.25) is 0 Å². The lowest BCUT2D eigenvalue weighted by Gasteiger charge is -2.17. The Bertz CT molecular complexity index is 178. The molecule has 0 heterocycles. The fourth-order valence-electron chi connectivity index (χ4n) is 1.04. The Kier molecular flexibility index (Phi) is 8.86. The molecule has 0 aromatic carbocycles. The molecule has 92 valence electrons. The maximum atomic E-state index is 11.7. The summed E-state index contributed by atoms with van der Waals surface area (Å²) in [5.74, 6) is 3.20. The lowest BCUT2D eigenvalue weighted by atomic mass is 10.3. The standard InChI is InChI=1S/C11H25NOS2/c1-5-14-9-6-7-12-8-10-15(13)11(2,3)4/h12H,5-10H2,1-4H3. The summed E-state index contributed by atoms with van der Waals surface area (Å²) in [5, 5.41) is 3.34. The molecule has 1 atom stereocenters. The van der Waals surface area contributed by atoms with Crippen LogP contribution in [0.3, 0.4) is 0 Å². The van der Waals surface area contributed by atoms with Gasteiger partial charge in [-0.2, -0.15) is 11.8 Å². The second-order valence-corrected chi connectivity index (χ2v) is 8.18. The zero-order valence-electron chi connectivity index (χ0n) is 10.5. The molecule has 0 fully saturated rings. The van der Waals surface area contributed by atoms with E-state index in [0.717, 1.165) is 18.8 Å². The number of hydrogen-bond donors (Lipinski definition) is 1. The van der Waals surface area contributed by atoms with E-state index in [2.05, 4.69) is 12.2 Å². The van der Waals surface area contributed by atoms with E-state index in [4.69, 9.17) is 0 Å². The topological polar surface area (TPSA) is 29.1 Å². The smallest absolute Gasteiger partial charge is 0.0375 e. The molecule has 0 spiro atoms. The van der Waals surface area contributed by atoms with Crippen LogP contribution in [0.4, 0.5) is 0 Å². The van der Waals surface area contributed by atoms with E-state index < -0.39 is 10.8 Å². The van der Waals surface area contributed by atoms with Gasteiger partial charge in [-0.1, -0.05) is 6.92 Å². The van der Waals surface area contributed by atoms with E-state index in [1.165, 1.54) is 17.9 Å². The summed E-state index contributed by atoms with van der Waals surface area (Å²) in [4.78, 5) is 0. The molecule has 0 aromatic heterocycles. The second-order valence-electron chi connectivity index (χ2n) is 4.46. The fraction of sp³-hybridized carbons (Fsp3) is 1.00. The summed E-state index contributed by atoms with van der Waals surface area (Å²) in [6.07, 6.45) is 1.21. The first kappa shape index (κ1) is 15.5. The minimum atomic E-state index is -0.714. The van der Waals surface area contributed by atoms with Gasteiger partial charge in [0.25, 0.3) is 0 Å². The van der Waals surface area contributed by atoms with Crippen LogP contribution in [0.1, 0.15) is 34.1 Å². The zero-order chi connectivity index (χ0) is 11.7. The summed E-state index contributed by atoms with van der Waals surface area (Å²) in [5.41, 5.74) is 0. The third kappa shape index (κ3) is 9.39. The van der Waals surface area contributed by atoms with Gasteiger partial charge in [-0.25, -0.2) is 0 Å². The van der Waals surface area contributed by atoms with Gasteiger partial charge in [-0.3, -0.25) is 4.21 Å². The normalized spacial score (nSPS) is 14.1. The molecule has 0 bridgehead atoms.